The highest BCUT2D eigenvalue weighted by molar-refractivity contribution is 5.83. The van der Waals surface area contributed by atoms with Gasteiger partial charge in [0.1, 0.15) is 0 Å². The number of nitrogens with one attached hydrogen (secondary N) is 1. The Morgan fingerprint density at radius 1 is 1.41 bits per heavy atom. The van der Waals surface area contributed by atoms with Crippen LogP contribution in [0.4, 0.5) is 0 Å². The summed E-state index contributed by atoms with van der Waals surface area (Å²) < 4.78 is 0. The summed E-state index contributed by atoms with van der Waals surface area (Å²) in [7, 11) is 0. The van der Waals surface area contributed by atoms with Crippen LogP contribution in [0.15, 0.2) is 23.3 Å². The molecule has 0 heterocycles. The number of phenolic OH excluding ortho intramolecular Hbond substituents is 2. The summed E-state index contributed by atoms with van der Waals surface area (Å²) in [4.78, 5) is 11.3. The van der Waals surface area contributed by atoms with Crippen molar-refractivity contribution in [2.45, 2.75) is 20.3 Å². The normalized spacial score (nSPS) is 11.0. The van der Waals surface area contributed by atoms with Gasteiger partial charge in [0, 0.05) is 6.42 Å². The van der Waals surface area contributed by atoms with E-state index in [1.807, 2.05) is 13.8 Å². The average Bonchev–Trinajstić information content (AvgIpc) is 2.22. The second kappa shape index (κ2) is 5.89. The number of carbonyl (C=O) groups excluding carboxylic acids is 1. The molecular formula is C12H16N2O3. The molecule has 1 amide bonds. The number of nitrogens with zero attached hydrogens (tertiary/aromatic N) is 1. The van der Waals surface area contributed by atoms with Crippen molar-refractivity contribution in [1.29, 1.82) is 0 Å². The van der Waals surface area contributed by atoms with E-state index >= 15 is 0 Å². The fourth-order valence-corrected chi connectivity index (χ4v) is 1.22. The van der Waals surface area contributed by atoms with Gasteiger partial charge in [-0.05, 0) is 29.7 Å². The molecule has 0 radical (unpaired) electrons. The predicted octanol–water partition coefficient (Wildman–Crippen LogP) is 1.59. The molecule has 1 rings (SSSR count). The van der Waals surface area contributed by atoms with Crippen molar-refractivity contribution >= 4 is 12.1 Å². The number of benzene rings is 1. The molecule has 0 aliphatic carbocycles. The Hall–Kier alpha value is -2.04. The van der Waals surface area contributed by atoms with E-state index in [1.54, 1.807) is 6.07 Å². The summed E-state index contributed by atoms with van der Waals surface area (Å²) in [6.07, 6.45) is 1.82. The second-order valence-electron chi connectivity index (χ2n) is 4.14. The van der Waals surface area contributed by atoms with Crippen molar-refractivity contribution in [3.05, 3.63) is 23.8 Å². The van der Waals surface area contributed by atoms with E-state index in [0.29, 0.717) is 12.0 Å². The van der Waals surface area contributed by atoms with Gasteiger partial charge in [-0.1, -0.05) is 13.8 Å². The smallest absolute Gasteiger partial charge is 0.240 e. The molecule has 3 N–H and O–H groups in total. The predicted molar refractivity (Wildman–Crippen MR) is 65.0 cm³/mol. The van der Waals surface area contributed by atoms with Crippen LogP contribution in [0.1, 0.15) is 25.8 Å². The summed E-state index contributed by atoms with van der Waals surface area (Å²) >= 11 is 0. The minimum atomic E-state index is -0.220. The molecule has 5 heteroatoms. The highest BCUT2D eigenvalue weighted by Gasteiger charge is 2.02. The standard InChI is InChI=1S/C12H16N2O3/c1-8(2)5-12(17)14-13-7-9-3-4-10(15)11(16)6-9/h3-4,6-8,15-16H,5H2,1-2H3,(H,14,17). The third-order valence-electron chi connectivity index (χ3n) is 2.00. The summed E-state index contributed by atoms with van der Waals surface area (Å²) in [6, 6.07) is 4.28. The molecule has 0 spiro atoms. The maximum atomic E-state index is 11.3. The van der Waals surface area contributed by atoms with Gasteiger partial charge in [-0.15, -0.1) is 0 Å². The quantitative estimate of drug-likeness (QED) is 0.422. The average molecular weight is 236 g/mol. The maximum Gasteiger partial charge on any atom is 0.240 e. The van der Waals surface area contributed by atoms with Gasteiger partial charge in [0.05, 0.1) is 6.21 Å². The zero-order valence-electron chi connectivity index (χ0n) is 9.84. The Balaban J connectivity index is 2.53. The van der Waals surface area contributed by atoms with Crippen LogP contribution in [0.3, 0.4) is 0 Å². The summed E-state index contributed by atoms with van der Waals surface area (Å²) in [5, 5.41) is 22.1. The zero-order valence-corrected chi connectivity index (χ0v) is 9.84. The topological polar surface area (TPSA) is 81.9 Å². The van der Waals surface area contributed by atoms with E-state index in [4.69, 9.17) is 5.11 Å². The fourth-order valence-electron chi connectivity index (χ4n) is 1.22. The van der Waals surface area contributed by atoms with Crippen molar-refractivity contribution in [2.24, 2.45) is 11.0 Å². The first-order valence-electron chi connectivity index (χ1n) is 5.33. The molecule has 0 saturated carbocycles. The van der Waals surface area contributed by atoms with E-state index in [9.17, 15) is 9.90 Å². The number of hydrogen-bond acceptors (Lipinski definition) is 4. The van der Waals surface area contributed by atoms with Gasteiger partial charge in [0.15, 0.2) is 11.5 Å². The van der Waals surface area contributed by atoms with Crippen LogP contribution < -0.4 is 5.43 Å². The Morgan fingerprint density at radius 2 is 2.12 bits per heavy atom. The molecule has 1 aromatic carbocycles. The lowest BCUT2D eigenvalue weighted by molar-refractivity contribution is -0.121. The first-order chi connectivity index (χ1) is 7.99. The Labute approximate surface area is 99.8 Å². The molecule has 0 fully saturated rings. The molecule has 0 saturated heterocycles. The summed E-state index contributed by atoms with van der Waals surface area (Å²) in [6.45, 7) is 3.89. The van der Waals surface area contributed by atoms with Gasteiger partial charge in [-0.2, -0.15) is 5.10 Å². The van der Waals surface area contributed by atoms with E-state index in [0.717, 1.165) is 0 Å². The van der Waals surface area contributed by atoms with E-state index in [1.165, 1.54) is 18.3 Å². The molecule has 92 valence electrons. The number of hydrogen-bond donors (Lipinski definition) is 3. The number of aromatic hydroxyl groups is 2. The van der Waals surface area contributed by atoms with Gasteiger partial charge in [-0.25, -0.2) is 5.43 Å². The first-order valence-corrected chi connectivity index (χ1v) is 5.33. The number of phenols is 2. The minimum Gasteiger partial charge on any atom is -0.504 e. The van der Waals surface area contributed by atoms with Crippen molar-refractivity contribution in [2.75, 3.05) is 0 Å². The third kappa shape index (κ3) is 4.55. The Morgan fingerprint density at radius 3 is 2.71 bits per heavy atom. The van der Waals surface area contributed by atoms with Crippen molar-refractivity contribution in [1.82, 2.24) is 5.43 Å². The van der Waals surface area contributed by atoms with Gasteiger partial charge < -0.3 is 10.2 Å². The molecule has 5 nitrogen and oxygen atoms in total. The van der Waals surface area contributed by atoms with E-state index < -0.39 is 0 Å². The lowest BCUT2D eigenvalue weighted by Gasteiger charge is -2.02. The van der Waals surface area contributed by atoms with Gasteiger partial charge in [0.2, 0.25) is 5.91 Å². The largest absolute Gasteiger partial charge is 0.504 e. The van der Waals surface area contributed by atoms with Crippen molar-refractivity contribution in [3.8, 4) is 11.5 Å². The SMILES string of the molecule is CC(C)CC(=O)NN=Cc1ccc(O)c(O)c1. The fraction of sp³-hybridized carbons (Fsp3) is 0.333. The molecular weight excluding hydrogens is 220 g/mol. The van der Waals surface area contributed by atoms with Crippen LogP contribution in [0, 0.1) is 5.92 Å². The van der Waals surface area contributed by atoms with Crippen LogP contribution in [0.2, 0.25) is 0 Å². The highest BCUT2D eigenvalue weighted by Crippen LogP contribution is 2.23. The molecule has 0 aliphatic rings. The Kier molecular flexibility index (Phi) is 4.51. The number of rotatable bonds is 4. The van der Waals surface area contributed by atoms with Crippen LogP contribution >= 0.6 is 0 Å². The third-order valence-corrected chi connectivity index (χ3v) is 2.00. The lowest BCUT2D eigenvalue weighted by Crippen LogP contribution is -2.19. The molecule has 1 aromatic rings. The van der Waals surface area contributed by atoms with Gasteiger partial charge in [-0.3, -0.25) is 4.79 Å². The molecule has 0 unspecified atom stereocenters. The lowest BCUT2D eigenvalue weighted by atomic mass is 10.1. The van der Waals surface area contributed by atoms with Gasteiger partial charge >= 0.3 is 0 Å². The van der Waals surface area contributed by atoms with Crippen LogP contribution in [0.25, 0.3) is 0 Å². The first kappa shape index (κ1) is 13.0. The van der Waals surface area contributed by atoms with Crippen LogP contribution in [0.5, 0.6) is 11.5 Å². The van der Waals surface area contributed by atoms with Crippen molar-refractivity contribution < 1.29 is 15.0 Å². The molecule has 17 heavy (non-hydrogen) atoms. The zero-order chi connectivity index (χ0) is 12.8. The summed E-state index contributed by atoms with van der Waals surface area (Å²) in [5.41, 5.74) is 2.97. The monoisotopic (exact) mass is 236 g/mol. The number of carbonyl (C=O) groups is 1. The van der Waals surface area contributed by atoms with E-state index in [2.05, 4.69) is 10.5 Å². The maximum absolute atomic E-state index is 11.3. The number of hydrazone groups is 1. The summed E-state index contributed by atoms with van der Waals surface area (Å²) in [5.74, 6) is -0.282. The molecule has 0 atom stereocenters. The van der Waals surface area contributed by atoms with Crippen molar-refractivity contribution in [3.63, 3.8) is 0 Å². The minimum absolute atomic E-state index is 0.153. The number of amides is 1. The highest BCUT2D eigenvalue weighted by atomic mass is 16.3. The van der Waals surface area contributed by atoms with Gasteiger partial charge in [0.25, 0.3) is 0 Å². The molecule has 0 aromatic heterocycles. The van der Waals surface area contributed by atoms with Crippen LogP contribution in [-0.2, 0) is 4.79 Å². The van der Waals surface area contributed by atoms with E-state index in [-0.39, 0.29) is 23.3 Å². The molecule has 0 bridgehead atoms. The molecule has 0 aliphatic heterocycles. The van der Waals surface area contributed by atoms with Crippen LogP contribution in [-0.4, -0.2) is 22.3 Å². The Bertz CT molecular complexity index is 428. The second-order valence-corrected chi connectivity index (χ2v) is 4.14.